The molecular formula is C12H14Cl2N4OS. The topological polar surface area (TPSA) is 80.9 Å². The highest BCUT2D eigenvalue weighted by Crippen LogP contribution is 2.35. The van der Waals surface area contributed by atoms with E-state index in [1.165, 1.54) is 6.07 Å². The molecule has 0 fully saturated rings. The molecule has 1 unspecified atom stereocenters. The molecule has 1 heterocycles. The summed E-state index contributed by atoms with van der Waals surface area (Å²) in [6.07, 6.45) is 0. The highest BCUT2D eigenvalue weighted by Gasteiger charge is 2.28. The van der Waals surface area contributed by atoms with E-state index in [4.69, 9.17) is 28.9 Å². The summed E-state index contributed by atoms with van der Waals surface area (Å²) in [5.74, 6) is -0.323. The van der Waals surface area contributed by atoms with E-state index < -0.39 is 6.04 Å². The molecule has 0 aliphatic heterocycles. The predicted molar refractivity (Wildman–Crippen MR) is 83.5 cm³/mol. The van der Waals surface area contributed by atoms with E-state index in [-0.39, 0.29) is 11.3 Å². The fourth-order valence-electron chi connectivity index (χ4n) is 1.59. The van der Waals surface area contributed by atoms with Gasteiger partial charge in [-0.25, -0.2) is 0 Å². The summed E-state index contributed by atoms with van der Waals surface area (Å²) < 4.78 is 8.20. The van der Waals surface area contributed by atoms with Crippen LogP contribution in [0.1, 0.15) is 20.8 Å². The number of amides is 1. The fraction of sp³-hybridized carbons (Fsp3) is 0.417. The molecule has 108 valence electrons. The lowest BCUT2D eigenvalue weighted by Crippen LogP contribution is -2.45. The number of rotatable bonds is 2. The Hall–Kier alpha value is -0.950. The Morgan fingerprint density at radius 1 is 1.30 bits per heavy atom. The standard InChI is InChI=1S/C12H14Cl2N4OS/c1-12(2,3)10(15)11(19)16-7-5(13)4-6(14)8-9(7)18-20-17-8/h4,10H,15H2,1-3H3,(H,16,19). The first kappa shape index (κ1) is 15.4. The zero-order valence-corrected chi connectivity index (χ0v) is 13.5. The molecule has 0 saturated carbocycles. The number of fused-ring (bicyclic) bond motifs is 1. The molecule has 1 aromatic heterocycles. The van der Waals surface area contributed by atoms with Gasteiger partial charge in [-0.05, 0) is 11.5 Å². The number of benzene rings is 1. The number of aromatic nitrogens is 2. The molecule has 5 nitrogen and oxygen atoms in total. The van der Waals surface area contributed by atoms with Crippen molar-refractivity contribution in [2.45, 2.75) is 26.8 Å². The Labute approximate surface area is 130 Å². The average Bonchev–Trinajstić information content (AvgIpc) is 2.81. The van der Waals surface area contributed by atoms with Crippen LogP contribution in [0.15, 0.2) is 6.07 Å². The molecule has 0 spiro atoms. The Morgan fingerprint density at radius 3 is 2.50 bits per heavy atom. The van der Waals surface area contributed by atoms with Gasteiger partial charge in [-0.3, -0.25) is 4.79 Å². The third-order valence-electron chi connectivity index (χ3n) is 2.91. The minimum atomic E-state index is -0.670. The maximum atomic E-state index is 12.2. The minimum absolute atomic E-state index is 0.310. The van der Waals surface area contributed by atoms with Gasteiger partial charge in [-0.2, -0.15) is 8.75 Å². The molecular weight excluding hydrogens is 319 g/mol. The molecule has 0 bridgehead atoms. The van der Waals surface area contributed by atoms with Crippen molar-refractivity contribution in [3.8, 4) is 0 Å². The molecule has 1 atom stereocenters. The molecule has 1 aromatic carbocycles. The van der Waals surface area contributed by atoms with Crippen molar-refractivity contribution in [3.63, 3.8) is 0 Å². The van der Waals surface area contributed by atoms with Crippen molar-refractivity contribution in [1.82, 2.24) is 8.75 Å². The van der Waals surface area contributed by atoms with Crippen LogP contribution >= 0.6 is 34.9 Å². The number of hydrogen-bond acceptors (Lipinski definition) is 5. The molecule has 1 amide bonds. The van der Waals surface area contributed by atoms with Crippen LogP contribution in [-0.2, 0) is 4.79 Å². The number of hydrogen-bond donors (Lipinski definition) is 2. The number of nitrogens with one attached hydrogen (secondary N) is 1. The van der Waals surface area contributed by atoms with Gasteiger partial charge >= 0.3 is 0 Å². The molecule has 2 aromatic rings. The van der Waals surface area contributed by atoms with Crippen LogP contribution in [0.5, 0.6) is 0 Å². The first-order valence-corrected chi connectivity index (χ1v) is 7.37. The fourth-order valence-corrected chi connectivity index (χ4v) is 2.75. The van der Waals surface area contributed by atoms with Crippen LogP contribution < -0.4 is 11.1 Å². The summed E-state index contributed by atoms with van der Waals surface area (Å²) >= 11 is 13.2. The molecule has 0 radical (unpaired) electrons. The van der Waals surface area contributed by atoms with Crippen LogP contribution in [0.4, 0.5) is 5.69 Å². The summed E-state index contributed by atoms with van der Waals surface area (Å²) in [5.41, 5.74) is 6.95. The number of carbonyl (C=O) groups is 1. The third kappa shape index (κ3) is 2.88. The van der Waals surface area contributed by atoms with Crippen LogP contribution in [-0.4, -0.2) is 20.7 Å². The number of carbonyl (C=O) groups excluding carboxylic acids is 1. The van der Waals surface area contributed by atoms with E-state index in [1.54, 1.807) is 0 Å². The van der Waals surface area contributed by atoms with Gasteiger partial charge in [-0.1, -0.05) is 44.0 Å². The largest absolute Gasteiger partial charge is 0.322 e. The van der Waals surface area contributed by atoms with Crippen LogP contribution in [0.2, 0.25) is 10.0 Å². The first-order chi connectivity index (χ1) is 9.21. The van der Waals surface area contributed by atoms with Crippen LogP contribution in [0, 0.1) is 5.41 Å². The minimum Gasteiger partial charge on any atom is -0.322 e. The molecule has 0 aliphatic carbocycles. The van der Waals surface area contributed by atoms with Gasteiger partial charge in [0.05, 0.1) is 33.5 Å². The smallest absolute Gasteiger partial charge is 0.241 e. The number of nitrogens with zero attached hydrogens (tertiary/aromatic N) is 2. The van der Waals surface area contributed by atoms with E-state index >= 15 is 0 Å². The van der Waals surface area contributed by atoms with Gasteiger partial charge in [0.1, 0.15) is 11.0 Å². The normalized spacial score (nSPS) is 13.5. The SMILES string of the molecule is CC(C)(C)C(N)C(=O)Nc1c(Cl)cc(Cl)c2nsnc12. The lowest BCUT2D eigenvalue weighted by Gasteiger charge is -2.26. The Balaban J connectivity index is 2.40. The summed E-state index contributed by atoms with van der Waals surface area (Å²) in [7, 11) is 0. The first-order valence-electron chi connectivity index (χ1n) is 5.88. The van der Waals surface area contributed by atoms with E-state index in [0.717, 1.165) is 11.7 Å². The quantitative estimate of drug-likeness (QED) is 0.883. The van der Waals surface area contributed by atoms with Gasteiger partial charge in [0.25, 0.3) is 0 Å². The van der Waals surface area contributed by atoms with E-state index in [2.05, 4.69) is 14.1 Å². The van der Waals surface area contributed by atoms with Crippen LogP contribution in [0.25, 0.3) is 11.0 Å². The molecule has 8 heteroatoms. The molecule has 3 N–H and O–H groups in total. The Morgan fingerprint density at radius 2 is 1.90 bits per heavy atom. The number of anilines is 1. The highest BCUT2D eigenvalue weighted by molar-refractivity contribution is 7.00. The number of halogens is 2. The molecule has 0 aliphatic rings. The molecule has 2 rings (SSSR count). The molecule has 0 saturated heterocycles. The summed E-state index contributed by atoms with van der Waals surface area (Å²) in [6.45, 7) is 5.67. The maximum Gasteiger partial charge on any atom is 0.241 e. The second kappa shape index (κ2) is 5.44. The molecule has 20 heavy (non-hydrogen) atoms. The lowest BCUT2D eigenvalue weighted by molar-refractivity contribution is -0.119. The summed E-state index contributed by atoms with van der Waals surface area (Å²) in [6, 6.07) is 0.862. The summed E-state index contributed by atoms with van der Waals surface area (Å²) in [5, 5.41) is 3.43. The van der Waals surface area contributed by atoms with Crippen molar-refractivity contribution in [1.29, 1.82) is 0 Å². The van der Waals surface area contributed by atoms with E-state index in [0.29, 0.717) is 26.8 Å². The van der Waals surface area contributed by atoms with Gasteiger partial charge in [0.2, 0.25) is 5.91 Å². The zero-order valence-electron chi connectivity index (χ0n) is 11.2. The highest BCUT2D eigenvalue weighted by atomic mass is 35.5. The van der Waals surface area contributed by atoms with Crippen molar-refractivity contribution in [2.75, 3.05) is 5.32 Å². The monoisotopic (exact) mass is 332 g/mol. The predicted octanol–water partition coefficient (Wildman–Crippen LogP) is 3.31. The lowest BCUT2D eigenvalue weighted by atomic mass is 9.87. The van der Waals surface area contributed by atoms with Gasteiger partial charge in [0, 0.05) is 0 Å². The van der Waals surface area contributed by atoms with E-state index in [9.17, 15) is 4.79 Å². The van der Waals surface area contributed by atoms with Crippen molar-refractivity contribution >= 4 is 57.6 Å². The summed E-state index contributed by atoms with van der Waals surface area (Å²) in [4.78, 5) is 12.2. The van der Waals surface area contributed by atoms with Gasteiger partial charge < -0.3 is 11.1 Å². The van der Waals surface area contributed by atoms with Crippen molar-refractivity contribution < 1.29 is 4.79 Å². The zero-order chi connectivity index (χ0) is 15.1. The van der Waals surface area contributed by atoms with E-state index in [1.807, 2.05) is 20.8 Å². The average molecular weight is 333 g/mol. The second-order valence-corrected chi connectivity index (χ2v) is 6.85. The van der Waals surface area contributed by atoms with Crippen LogP contribution in [0.3, 0.4) is 0 Å². The van der Waals surface area contributed by atoms with Gasteiger partial charge in [-0.15, -0.1) is 0 Å². The Kier molecular flexibility index (Phi) is 4.20. The third-order valence-corrected chi connectivity index (χ3v) is 4.02. The second-order valence-electron chi connectivity index (χ2n) is 5.51. The Bertz CT molecular complexity index is 665. The maximum absolute atomic E-state index is 12.2. The van der Waals surface area contributed by atoms with Crippen molar-refractivity contribution in [3.05, 3.63) is 16.1 Å². The number of nitrogens with two attached hydrogens (primary N) is 1. The van der Waals surface area contributed by atoms with Crippen molar-refractivity contribution in [2.24, 2.45) is 11.1 Å². The van der Waals surface area contributed by atoms with Gasteiger partial charge in [0.15, 0.2) is 0 Å².